The van der Waals surface area contributed by atoms with E-state index in [0.29, 0.717) is 0 Å². The molecular formula is C13H21N. The predicted molar refractivity (Wildman–Crippen MR) is 61.9 cm³/mol. The lowest BCUT2D eigenvalue weighted by molar-refractivity contribution is 0.787. The minimum Gasteiger partial charge on any atom is -0.192 e. The van der Waals surface area contributed by atoms with E-state index in [2.05, 4.69) is 26.8 Å². The zero-order chi connectivity index (χ0) is 11.0. The topological polar surface area (TPSA) is 23.8 Å². The Labute approximate surface area is 88.1 Å². The third-order valence-corrected chi connectivity index (χ3v) is 2.43. The van der Waals surface area contributed by atoms with Gasteiger partial charge in [0.05, 0.1) is 11.6 Å². The van der Waals surface area contributed by atoms with E-state index in [1.54, 1.807) is 0 Å². The molecule has 0 radical (unpaired) electrons. The molecule has 0 N–H and O–H groups in total. The predicted octanol–water partition coefficient (Wildman–Crippen LogP) is 4.37. The summed E-state index contributed by atoms with van der Waals surface area (Å²) in [7, 11) is 0. The van der Waals surface area contributed by atoms with Crippen LogP contribution < -0.4 is 0 Å². The van der Waals surface area contributed by atoms with Gasteiger partial charge in [0.15, 0.2) is 0 Å². The molecule has 0 aromatic carbocycles. The van der Waals surface area contributed by atoms with Crippen molar-refractivity contribution in [1.82, 2.24) is 0 Å². The number of allylic oxidation sites excluding steroid dienone is 4. The van der Waals surface area contributed by atoms with Gasteiger partial charge in [-0.15, -0.1) is 0 Å². The van der Waals surface area contributed by atoms with Gasteiger partial charge in [-0.1, -0.05) is 31.4 Å². The summed E-state index contributed by atoms with van der Waals surface area (Å²) in [6, 6.07) is 2.26. The fourth-order valence-electron chi connectivity index (χ4n) is 1.22. The molecule has 0 aromatic heterocycles. The van der Waals surface area contributed by atoms with Crippen molar-refractivity contribution in [2.24, 2.45) is 0 Å². The van der Waals surface area contributed by atoms with Gasteiger partial charge in [0.25, 0.3) is 0 Å². The van der Waals surface area contributed by atoms with Crippen LogP contribution in [0.1, 0.15) is 53.4 Å². The minimum atomic E-state index is 0.848. The maximum atomic E-state index is 8.95. The summed E-state index contributed by atoms with van der Waals surface area (Å²) in [5.74, 6) is 0. The van der Waals surface area contributed by atoms with E-state index in [1.807, 2.05) is 13.0 Å². The first kappa shape index (κ1) is 13.0. The Balaban J connectivity index is 4.52. The van der Waals surface area contributed by atoms with Gasteiger partial charge in [0.2, 0.25) is 0 Å². The van der Waals surface area contributed by atoms with E-state index in [1.165, 1.54) is 24.0 Å². The van der Waals surface area contributed by atoms with Crippen LogP contribution in [0.5, 0.6) is 0 Å². The number of nitriles is 1. The van der Waals surface area contributed by atoms with Gasteiger partial charge in [-0.05, 0) is 39.2 Å². The molecular weight excluding hydrogens is 170 g/mol. The fourth-order valence-corrected chi connectivity index (χ4v) is 1.22. The van der Waals surface area contributed by atoms with Crippen LogP contribution in [0.25, 0.3) is 0 Å². The first-order valence-corrected chi connectivity index (χ1v) is 5.42. The second-order valence-electron chi connectivity index (χ2n) is 3.75. The number of hydrogen-bond acceptors (Lipinski definition) is 1. The van der Waals surface area contributed by atoms with Crippen LogP contribution in [-0.4, -0.2) is 0 Å². The van der Waals surface area contributed by atoms with E-state index in [-0.39, 0.29) is 0 Å². The molecule has 1 heteroatoms. The highest BCUT2D eigenvalue weighted by molar-refractivity contribution is 5.38. The summed E-state index contributed by atoms with van der Waals surface area (Å²) in [6.07, 6.45) is 6.53. The Bertz CT molecular complexity index is 263. The Hall–Kier alpha value is -1.03. The molecule has 0 saturated heterocycles. The number of rotatable bonds is 5. The monoisotopic (exact) mass is 191 g/mol. The average molecular weight is 191 g/mol. The standard InChI is InChI=1S/C13H21N/c1-5-7-8-11(3)9-13(10-14)12(4)6-2/h9H,5-8H2,1-4H3/b11-9-,13-12-. The first-order valence-electron chi connectivity index (χ1n) is 5.42. The summed E-state index contributed by atoms with van der Waals surface area (Å²) in [4.78, 5) is 0. The molecule has 1 nitrogen and oxygen atoms in total. The molecule has 0 fully saturated rings. The van der Waals surface area contributed by atoms with Gasteiger partial charge in [-0.2, -0.15) is 5.26 Å². The smallest absolute Gasteiger partial charge is 0.0990 e. The molecule has 0 spiro atoms. The first-order chi connectivity index (χ1) is 6.65. The van der Waals surface area contributed by atoms with Crippen molar-refractivity contribution in [2.45, 2.75) is 53.4 Å². The lowest BCUT2D eigenvalue weighted by Gasteiger charge is -2.01. The molecule has 0 aromatic rings. The van der Waals surface area contributed by atoms with Crippen molar-refractivity contribution in [3.63, 3.8) is 0 Å². The van der Waals surface area contributed by atoms with Crippen LogP contribution in [-0.2, 0) is 0 Å². The van der Waals surface area contributed by atoms with Gasteiger partial charge < -0.3 is 0 Å². The lowest BCUT2D eigenvalue weighted by Crippen LogP contribution is -1.84. The maximum Gasteiger partial charge on any atom is 0.0990 e. The molecule has 0 amide bonds. The van der Waals surface area contributed by atoms with E-state index in [9.17, 15) is 0 Å². The minimum absolute atomic E-state index is 0.848. The molecule has 0 heterocycles. The highest BCUT2D eigenvalue weighted by Gasteiger charge is 1.97. The number of nitrogens with zero attached hydrogens (tertiary/aromatic N) is 1. The highest BCUT2D eigenvalue weighted by atomic mass is 14.2. The average Bonchev–Trinajstić information content (AvgIpc) is 2.21. The Morgan fingerprint density at radius 3 is 2.36 bits per heavy atom. The second-order valence-corrected chi connectivity index (χ2v) is 3.75. The largest absolute Gasteiger partial charge is 0.192 e. The molecule has 0 unspecified atom stereocenters. The molecule has 0 aliphatic carbocycles. The molecule has 0 rings (SSSR count). The van der Waals surface area contributed by atoms with Gasteiger partial charge in [-0.3, -0.25) is 0 Å². The SMILES string of the molecule is CCCC/C(C)=C\C(C#N)=C(/C)CC. The molecule has 0 aliphatic rings. The summed E-state index contributed by atoms with van der Waals surface area (Å²) < 4.78 is 0. The van der Waals surface area contributed by atoms with E-state index in [0.717, 1.165) is 18.4 Å². The normalized spacial score (nSPS) is 13.5. The Morgan fingerprint density at radius 1 is 1.29 bits per heavy atom. The van der Waals surface area contributed by atoms with Crippen molar-refractivity contribution in [3.8, 4) is 6.07 Å². The van der Waals surface area contributed by atoms with Crippen molar-refractivity contribution in [3.05, 3.63) is 22.8 Å². The van der Waals surface area contributed by atoms with Crippen molar-refractivity contribution >= 4 is 0 Å². The van der Waals surface area contributed by atoms with Gasteiger partial charge in [0.1, 0.15) is 0 Å². The third-order valence-electron chi connectivity index (χ3n) is 2.43. The third kappa shape index (κ3) is 4.87. The summed E-state index contributed by atoms with van der Waals surface area (Å²) in [5, 5.41) is 8.95. The van der Waals surface area contributed by atoms with Gasteiger partial charge >= 0.3 is 0 Å². The molecule has 0 saturated carbocycles. The van der Waals surface area contributed by atoms with Crippen molar-refractivity contribution in [1.29, 1.82) is 5.26 Å². The van der Waals surface area contributed by atoms with Crippen LogP contribution in [0.4, 0.5) is 0 Å². The molecule has 78 valence electrons. The Kier molecular flexibility index (Phi) is 6.84. The fraction of sp³-hybridized carbons (Fsp3) is 0.615. The lowest BCUT2D eigenvalue weighted by atomic mass is 10.0. The van der Waals surface area contributed by atoms with Gasteiger partial charge in [-0.25, -0.2) is 0 Å². The van der Waals surface area contributed by atoms with Gasteiger partial charge in [0, 0.05) is 0 Å². The zero-order valence-electron chi connectivity index (χ0n) is 9.85. The molecule has 0 bridgehead atoms. The Morgan fingerprint density at radius 2 is 1.93 bits per heavy atom. The maximum absolute atomic E-state index is 8.95. The molecule has 0 atom stereocenters. The zero-order valence-corrected chi connectivity index (χ0v) is 9.85. The summed E-state index contributed by atoms with van der Waals surface area (Å²) in [6.45, 7) is 8.41. The summed E-state index contributed by atoms with van der Waals surface area (Å²) >= 11 is 0. The second kappa shape index (κ2) is 7.38. The van der Waals surface area contributed by atoms with Crippen LogP contribution in [0.2, 0.25) is 0 Å². The highest BCUT2D eigenvalue weighted by Crippen LogP contribution is 2.14. The summed E-state index contributed by atoms with van der Waals surface area (Å²) in [5.41, 5.74) is 3.35. The van der Waals surface area contributed by atoms with E-state index >= 15 is 0 Å². The van der Waals surface area contributed by atoms with Crippen LogP contribution >= 0.6 is 0 Å². The van der Waals surface area contributed by atoms with Crippen molar-refractivity contribution < 1.29 is 0 Å². The van der Waals surface area contributed by atoms with Crippen LogP contribution in [0.15, 0.2) is 22.8 Å². The van der Waals surface area contributed by atoms with E-state index < -0.39 is 0 Å². The van der Waals surface area contributed by atoms with Crippen molar-refractivity contribution in [2.75, 3.05) is 0 Å². The quantitative estimate of drug-likeness (QED) is 0.467. The molecule has 14 heavy (non-hydrogen) atoms. The number of unbranched alkanes of at least 4 members (excludes halogenated alkanes) is 1. The number of hydrogen-bond donors (Lipinski definition) is 0. The van der Waals surface area contributed by atoms with E-state index in [4.69, 9.17) is 5.26 Å². The molecule has 0 aliphatic heterocycles. The van der Waals surface area contributed by atoms with Crippen LogP contribution in [0.3, 0.4) is 0 Å². The van der Waals surface area contributed by atoms with Crippen LogP contribution in [0, 0.1) is 11.3 Å².